The van der Waals surface area contributed by atoms with Crippen LogP contribution in [0.4, 0.5) is 32.3 Å². The highest BCUT2D eigenvalue weighted by atomic mass is 32.2. The van der Waals surface area contributed by atoms with Crippen molar-refractivity contribution in [1.29, 1.82) is 0 Å². The Morgan fingerprint density at radius 2 is 1.30 bits per heavy atom. The summed E-state index contributed by atoms with van der Waals surface area (Å²) in [4.78, 5) is 38.3. The summed E-state index contributed by atoms with van der Waals surface area (Å²) in [5, 5.41) is 5.21. The lowest BCUT2D eigenvalue weighted by molar-refractivity contribution is -0.115. The van der Waals surface area contributed by atoms with Crippen LogP contribution in [-0.4, -0.2) is 32.3 Å². The molecule has 3 amide bonds. The van der Waals surface area contributed by atoms with Gasteiger partial charge in [0.2, 0.25) is 5.91 Å². The average molecular weight is 387 g/mol. The van der Waals surface area contributed by atoms with Gasteiger partial charge in [-0.25, -0.2) is 9.59 Å². The van der Waals surface area contributed by atoms with Crippen LogP contribution in [0.2, 0.25) is 0 Å². The third-order valence-electron chi connectivity index (χ3n) is 3.80. The number of nitrogens with zero attached hydrogens (tertiary/aromatic N) is 1. The molecule has 27 heavy (non-hydrogen) atoms. The Balaban J connectivity index is 2.00. The third kappa shape index (κ3) is 3.82. The van der Waals surface area contributed by atoms with Crippen LogP contribution in [0.15, 0.2) is 46.2 Å². The molecule has 3 rings (SSSR count). The summed E-state index contributed by atoms with van der Waals surface area (Å²) in [6.45, 7) is 1.48. The molecular weight excluding hydrogens is 370 g/mol. The van der Waals surface area contributed by atoms with Crippen LogP contribution >= 0.6 is 11.8 Å². The maximum absolute atomic E-state index is 12.3. The smallest absolute Gasteiger partial charge is 0.411 e. The maximum Gasteiger partial charge on any atom is 0.411 e. The zero-order valence-corrected chi connectivity index (χ0v) is 15.7. The number of hydrogen-bond acceptors (Lipinski definition) is 6. The molecule has 1 aliphatic rings. The van der Waals surface area contributed by atoms with Crippen LogP contribution in [-0.2, 0) is 14.3 Å². The van der Waals surface area contributed by atoms with E-state index in [1.54, 1.807) is 41.3 Å². The van der Waals surface area contributed by atoms with Gasteiger partial charge in [-0.2, -0.15) is 0 Å². The van der Waals surface area contributed by atoms with E-state index in [1.807, 2.05) is 0 Å². The van der Waals surface area contributed by atoms with Gasteiger partial charge in [0.1, 0.15) is 0 Å². The molecule has 9 heteroatoms. The van der Waals surface area contributed by atoms with Crippen molar-refractivity contribution in [3.05, 3.63) is 36.4 Å². The molecule has 0 saturated heterocycles. The molecule has 0 spiro atoms. The van der Waals surface area contributed by atoms with Gasteiger partial charge in [0.15, 0.2) is 0 Å². The van der Waals surface area contributed by atoms with E-state index < -0.39 is 12.2 Å². The van der Waals surface area contributed by atoms with Crippen molar-refractivity contribution >= 4 is 52.6 Å². The molecule has 1 heterocycles. The number of methoxy groups -OCH3 is 2. The van der Waals surface area contributed by atoms with Crippen LogP contribution in [0, 0.1) is 0 Å². The Bertz CT molecular complexity index is 864. The number of ether oxygens (including phenoxy) is 2. The van der Waals surface area contributed by atoms with Gasteiger partial charge in [0.05, 0.1) is 25.6 Å². The second kappa shape index (κ2) is 7.58. The topological polar surface area (TPSA) is 97.0 Å². The van der Waals surface area contributed by atoms with Gasteiger partial charge in [-0.15, -0.1) is 0 Å². The van der Waals surface area contributed by atoms with Crippen LogP contribution in [0.5, 0.6) is 0 Å². The molecule has 0 aromatic heterocycles. The second-order valence-corrected chi connectivity index (χ2v) is 6.64. The minimum Gasteiger partial charge on any atom is -0.453 e. The Morgan fingerprint density at radius 1 is 0.852 bits per heavy atom. The Kier molecular flexibility index (Phi) is 5.22. The number of carbonyl (C=O) groups excluding carboxylic acids is 3. The molecule has 0 aliphatic carbocycles. The molecule has 0 bridgehead atoms. The van der Waals surface area contributed by atoms with E-state index in [9.17, 15) is 14.4 Å². The molecule has 8 nitrogen and oxygen atoms in total. The highest BCUT2D eigenvalue weighted by molar-refractivity contribution is 7.99. The van der Waals surface area contributed by atoms with Crippen LogP contribution < -0.4 is 15.5 Å². The first-order valence-corrected chi connectivity index (χ1v) is 8.71. The lowest BCUT2D eigenvalue weighted by Gasteiger charge is -2.31. The van der Waals surface area contributed by atoms with E-state index >= 15 is 0 Å². The van der Waals surface area contributed by atoms with E-state index in [2.05, 4.69) is 20.1 Å². The first kappa shape index (κ1) is 18.6. The van der Waals surface area contributed by atoms with Crippen LogP contribution in [0.1, 0.15) is 6.92 Å². The van der Waals surface area contributed by atoms with Gasteiger partial charge in [-0.1, -0.05) is 11.8 Å². The maximum atomic E-state index is 12.3. The Hall–Kier alpha value is -3.20. The second-order valence-electron chi connectivity index (χ2n) is 5.55. The predicted molar refractivity (Wildman–Crippen MR) is 102 cm³/mol. The van der Waals surface area contributed by atoms with Crippen molar-refractivity contribution in [2.45, 2.75) is 16.7 Å². The summed E-state index contributed by atoms with van der Waals surface area (Å²) in [5.74, 6) is -0.153. The molecular formula is C18H17N3O5S. The first-order valence-electron chi connectivity index (χ1n) is 7.89. The van der Waals surface area contributed by atoms with Crippen molar-refractivity contribution in [1.82, 2.24) is 0 Å². The first-order chi connectivity index (χ1) is 12.9. The lowest BCUT2D eigenvalue weighted by atomic mass is 10.2. The molecule has 0 atom stereocenters. The normalized spacial score (nSPS) is 11.7. The van der Waals surface area contributed by atoms with E-state index in [0.29, 0.717) is 22.7 Å². The van der Waals surface area contributed by atoms with Gasteiger partial charge in [0.25, 0.3) is 0 Å². The van der Waals surface area contributed by atoms with E-state index in [-0.39, 0.29) is 5.91 Å². The van der Waals surface area contributed by atoms with Crippen LogP contribution in [0.25, 0.3) is 0 Å². The Morgan fingerprint density at radius 3 is 1.67 bits per heavy atom. The summed E-state index contributed by atoms with van der Waals surface area (Å²) < 4.78 is 9.21. The molecule has 0 fully saturated rings. The van der Waals surface area contributed by atoms with Crippen molar-refractivity contribution in [2.24, 2.45) is 0 Å². The van der Waals surface area contributed by atoms with Gasteiger partial charge in [0, 0.05) is 28.1 Å². The zero-order chi connectivity index (χ0) is 19.6. The highest BCUT2D eigenvalue weighted by Gasteiger charge is 2.27. The predicted octanol–water partition coefficient (Wildman–Crippen LogP) is 4.19. The van der Waals surface area contributed by atoms with Crippen molar-refractivity contribution < 1.29 is 23.9 Å². The number of hydrogen-bond donors (Lipinski definition) is 2. The number of carbonyl (C=O) groups is 3. The third-order valence-corrected chi connectivity index (χ3v) is 4.89. The molecule has 0 radical (unpaired) electrons. The van der Waals surface area contributed by atoms with E-state index in [4.69, 9.17) is 0 Å². The van der Waals surface area contributed by atoms with Gasteiger partial charge >= 0.3 is 12.2 Å². The highest BCUT2D eigenvalue weighted by Crippen LogP contribution is 2.49. The van der Waals surface area contributed by atoms with Crippen molar-refractivity contribution in [2.75, 3.05) is 29.8 Å². The number of nitrogens with one attached hydrogen (secondary N) is 2. The van der Waals surface area contributed by atoms with Gasteiger partial charge in [-0.3, -0.25) is 20.3 Å². The lowest BCUT2D eigenvalue weighted by Crippen LogP contribution is -2.26. The zero-order valence-electron chi connectivity index (χ0n) is 14.9. The molecule has 0 saturated carbocycles. The summed E-state index contributed by atoms with van der Waals surface area (Å²) in [7, 11) is 2.57. The van der Waals surface area contributed by atoms with E-state index in [0.717, 1.165) is 9.79 Å². The fraction of sp³-hybridized carbons (Fsp3) is 0.167. The number of benzene rings is 2. The van der Waals surface area contributed by atoms with E-state index in [1.165, 1.54) is 32.9 Å². The molecule has 1 aliphatic heterocycles. The standard InChI is InChI=1S/C18H17N3O5S/c1-10(22)21-13-6-4-11(19-17(23)25-2)8-15(13)27-16-9-12(5-7-14(16)21)20-18(24)26-3/h4-9H,1-3H3,(H,19,23)(H,20,24). The summed E-state index contributed by atoms with van der Waals surface area (Å²) >= 11 is 1.42. The number of rotatable bonds is 2. The Labute approximate surface area is 159 Å². The summed E-state index contributed by atoms with van der Waals surface area (Å²) in [5.41, 5.74) is 2.51. The van der Waals surface area contributed by atoms with Gasteiger partial charge in [-0.05, 0) is 36.4 Å². The average Bonchev–Trinajstić information content (AvgIpc) is 2.65. The minimum absolute atomic E-state index is 0.153. The fourth-order valence-electron chi connectivity index (χ4n) is 2.64. The summed E-state index contributed by atoms with van der Waals surface area (Å²) in [6, 6.07) is 10.4. The SMILES string of the molecule is COC(=O)Nc1ccc2c(c1)Sc1cc(NC(=O)OC)ccc1N2C(C)=O. The van der Waals surface area contributed by atoms with Crippen LogP contribution in [0.3, 0.4) is 0 Å². The number of anilines is 4. The minimum atomic E-state index is -0.579. The molecule has 2 aromatic rings. The monoisotopic (exact) mass is 387 g/mol. The molecule has 2 aromatic carbocycles. The number of fused-ring (bicyclic) bond motifs is 2. The molecule has 0 unspecified atom stereocenters. The van der Waals surface area contributed by atoms with Gasteiger partial charge < -0.3 is 9.47 Å². The number of amides is 3. The van der Waals surface area contributed by atoms with Crippen molar-refractivity contribution in [3.8, 4) is 0 Å². The van der Waals surface area contributed by atoms with Crippen molar-refractivity contribution in [3.63, 3.8) is 0 Å². The quantitative estimate of drug-likeness (QED) is 0.802. The largest absolute Gasteiger partial charge is 0.453 e. The molecule has 2 N–H and O–H groups in total. The molecule has 140 valence electrons. The summed E-state index contributed by atoms with van der Waals surface area (Å²) in [6.07, 6.45) is -1.16. The fourth-order valence-corrected chi connectivity index (χ4v) is 3.78.